The van der Waals surface area contributed by atoms with E-state index < -0.39 is 0 Å². The minimum Gasteiger partial charge on any atom is -0.297 e. The maximum Gasteiger partial charge on any atom is 0.192 e. The zero-order chi connectivity index (χ0) is 16.1. The summed E-state index contributed by atoms with van der Waals surface area (Å²) in [6.07, 6.45) is 3.59. The van der Waals surface area contributed by atoms with Crippen molar-refractivity contribution < 1.29 is 0 Å². The van der Waals surface area contributed by atoms with E-state index in [1.807, 2.05) is 53.1 Å². The number of allylic oxidation sites excluding steroid dienone is 1. The zero-order valence-corrected chi connectivity index (χ0v) is 14.0. The summed E-state index contributed by atoms with van der Waals surface area (Å²) in [5, 5.41) is 10.2. The number of hydrogen-bond donors (Lipinski definition) is 0. The van der Waals surface area contributed by atoms with Gasteiger partial charge in [0, 0.05) is 23.5 Å². The lowest BCUT2D eigenvalue weighted by molar-refractivity contribution is 0.729. The first-order chi connectivity index (χ1) is 11.3. The molecule has 0 atom stereocenters. The summed E-state index contributed by atoms with van der Waals surface area (Å²) in [7, 11) is 0. The molecule has 0 N–H and O–H groups in total. The first-order valence-corrected chi connectivity index (χ1v) is 8.47. The lowest BCUT2D eigenvalue weighted by Crippen LogP contribution is -2.01. The van der Waals surface area contributed by atoms with Gasteiger partial charge in [-0.2, -0.15) is 0 Å². The molecule has 4 nitrogen and oxygen atoms in total. The van der Waals surface area contributed by atoms with Crippen molar-refractivity contribution in [1.29, 1.82) is 0 Å². The van der Waals surface area contributed by atoms with Crippen LogP contribution in [0.4, 0.5) is 0 Å². The quantitative estimate of drug-likeness (QED) is 0.489. The molecule has 0 bridgehead atoms. The first-order valence-electron chi connectivity index (χ1n) is 7.10. The summed E-state index contributed by atoms with van der Waals surface area (Å²) in [6.45, 7) is 4.46. The Balaban J connectivity index is 1.83. The minimum atomic E-state index is 0.641. The van der Waals surface area contributed by atoms with Crippen LogP contribution in [-0.4, -0.2) is 19.7 Å². The minimum absolute atomic E-state index is 0.641. The lowest BCUT2D eigenvalue weighted by atomic mass is 10.2. The molecule has 0 saturated carbocycles. The molecule has 0 unspecified atom stereocenters. The third kappa shape index (κ3) is 3.81. The van der Waals surface area contributed by atoms with Gasteiger partial charge in [0.05, 0.1) is 0 Å². The molecule has 0 aliphatic carbocycles. The Morgan fingerprint density at radius 3 is 2.65 bits per heavy atom. The number of pyridine rings is 1. The molecule has 3 aromatic rings. The van der Waals surface area contributed by atoms with Crippen LogP contribution in [0.5, 0.6) is 0 Å². The van der Waals surface area contributed by atoms with Crippen molar-refractivity contribution in [1.82, 2.24) is 19.7 Å². The van der Waals surface area contributed by atoms with Gasteiger partial charge >= 0.3 is 0 Å². The highest BCUT2D eigenvalue weighted by atomic mass is 35.5. The summed E-state index contributed by atoms with van der Waals surface area (Å²) >= 11 is 7.55. The van der Waals surface area contributed by atoms with Gasteiger partial charge in [-0.15, -0.1) is 16.8 Å². The van der Waals surface area contributed by atoms with E-state index in [2.05, 4.69) is 21.8 Å². The van der Waals surface area contributed by atoms with Crippen molar-refractivity contribution in [3.8, 4) is 11.5 Å². The Labute approximate surface area is 144 Å². The Morgan fingerprint density at radius 2 is 1.96 bits per heavy atom. The van der Waals surface area contributed by atoms with Crippen molar-refractivity contribution in [2.45, 2.75) is 17.5 Å². The van der Waals surface area contributed by atoms with Crippen molar-refractivity contribution >= 4 is 23.4 Å². The van der Waals surface area contributed by atoms with Gasteiger partial charge in [-0.1, -0.05) is 47.6 Å². The summed E-state index contributed by atoms with van der Waals surface area (Å²) < 4.78 is 2.02. The highest BCUT2D eigenvalue weighted by molar-refractivity contribution is 7.98. The second-order valence-electron chi connectivity index (χ2n) is 4.84. The van der Waals surface area contributed by atoms with Crippen LogP contribution in [0.2, 0.25) is 5.02 Å². The molecule has 0 radical (unpaired) electrons. The average molecular weight is 343 g/mol. The van der Waals surface area contributed by atoms with Gasteiger partial charge in [0.1, 0.15) is 5.69 Å². The van der Waals surface area contributed by atoms with Crippen molar-refractivity contribution in [2.75, 3.05) is 0 Å². The predicted octanol–water partition coefficient (Wildman–Crippen LogP) is 4.47. The fraction of sp³-hybridized carbons (Fsp3) is 0.118. The van der Waals surface area contributed by atoms with Gasteiger partial charge in [0.2, 0.25) is 0 Å². The molecule has 0 fully saturated rings. The topological polar surface area (TPSA) is 43.6 Å². The second-order valence-corrected chi connectivity index (χ2v) is 6.21. The van der Waals surface area contributed by atoms with Crippen molar-refractivity contribution in [3.05, 3.63) is 71.9 Å². The molecular formula is C17H15ClN4S. The van der Waals surface area contributed by atoms with E-state index in [1.54, 1.807) is 18.0 Å². The van der Waals surface area contributed by atoms with Crippen molar-refractivity contribution in [2.24, 2.45) is 0 Å². The zero-order valence-electron chi connectivity index (χ0n) is 12.4. The van der Waals surface area contributed by atoms with E-state index in [4.69, 9.17) is 11.6 Å². The lowest BCUT2D eigenvalue weighted by Gasteiger charge is -2.07. The molecule has 2 heterocycles. The Morgan fingerprint density at radius 1 is 1.13 bits per heavy atom. The van der Waals surface area contributed by atoms with Crippen LogP contribution in [0.25, 0.3) is 11.5 Å². The average Bonchev–Trinajstić information content (AvgIpc) is 2.98. The van der Waals surface area contributed by atoms with Gasteiger partial charge in [-0.25, -0.2) is 0 Å². The van der Waals surface area contributed by atoms with E-state index in [0.717, 1.165) is 27.5 Å². The summed E-state index contributed by atoms with van der Waals surface area (Å²) in [5.41, 5.74) is 1.99. The Kier molecular flexibility index (Phi) is 5.10. The molecule has 0 spiro atoms. The van der Waals surface area contributed by atoms with Gasteiger partial charge in [-0.05, 0) is 29.8 Å². The Bertz CT molecular complexity index is 784. The molecule has 2 aromatic heterocycles. The fourth-order valence-electron chi connectivity index (χ4n) is 2.10. The van der Waals surface area contributed by atoms with E-state index in [-0.39, 0.29) is 0 Å². The molecule has 0 amide bonds. The molecule has 1 aromatic carbocycles. The van der Waals surface area contributed by atoms with Crippen LogP contribution >= 0.6 is 23.4 Å². The van der Waals surface area contributed by atoms with Gasteiger partial charge in [0.15, 0.2) is 11.0 Å². The standard InChI is InChI=1S/C17H15ClN4S/c1-2-11-22-16(15-5-3-4-10-19-15)20-21-17(22)23-12-13-6-8-14(18)9-7-13/h2-10H,1,11-12H2. The normalized spacial score (nSPS) is 10.7. The van der Waals surface area contributed by atoms with Crippen LogP contribution in [-0.2, 0) is 12.3 Å². The van der Waals surface area contributed by atoms with Crippen LogP contribution in [0.3, 0.4) is 0 Å². The number of thioether (sulfide) groups is 1. The van der Waals surface area contributed by atoms with E-state index in [0.29, 0.717) is 6.54 Å². The number of rotatable bonds is 6. The molecule has 0 aliphatic heterocycles. The SMILES string of the molecule is C=CCn1c(SCc2ccc(Cl)cc2)nnc1-c1ccccn1. The molecule has 3 rings (SSSR count). The van der Waals surface area contributed by atoms with Gasteiger partial charge in [0.25, 0.3) is 0 Å². The largest absolute Gasteiger partial charge is 0.297 e. The predicted molar refractivity (Wildman–Crippen MR) is 94.5 cm³/mol. The molecule has 23 heavy (non-hydrogen) atoms. The molecular weight excluding hydrogens is 328 g/mol. The maximum absolute atomic E-state index is 5.92. The van der Waals surface area contributed by atoms with E-state index in [1.165, 1.54) is 5.56 Å². The summed E-state index contributed by atoms with van der Waals surface area (Å²) in [6, 6.07) is 13.6. The highest BCUT2D eigenvalue weighted by Gasteiger charge is 2.14. The van der Waals surface area contributed by atoms with Crippen LogP contribution in [0.15, 0.2) is 66.5 Å². The molecule has 0 aliphatic rings. The number of halogens is 1. The molecule has 6 heteroatoms. The van der Waals surface area contributed by atoms with Crippen LogP contribution in [0.1, 0.15) is 5.56 Å². The number of hydrogen-bond acceptors (Lipinski definition) is 4. The number of benzene rings is 1. The highest BCUT2D eigenvalue weighted by Crippen LogP contribution is 2.26. The third-order valence-electron chi connectivity index (χ3n) is 3.20. The van der Waals surface area contributed by atoms with Gasteiger partial charge in [-0.3, -0.25) is 9.55 Å². The monoisotopic (exact) mass is 342 g/mol. The summed E-state index contributed by atoms with van der Waals surface area (Å²) in [5.74, 6) is 1.55. The van der Waals surface area contributed by atoms with Crippen LogP contribution < -0.4 is 0 Å². The van der Waals surface area contributed by atoms with E-state index in [9.17, 15) is 0 Å². The van der Waals surface area contributed by atoms with Gasteiger partial charge < -0.3 is 0 Å². The third-order valence-corrected chi connectivity index (χ3v) is 4.49. The summed E-state index contributed by atoms with van der Waals surface area (Å²) in [4.78, 5) is 4.35. The number of aromatic nitrogens is 4. The van der Waals surface area contributed by atoms with Crippen LogP contribution in [0, 0.1) is 0 Å². The second kappa shape index (κ2) is 7.44. The maximum atomic E-state index is 5.92. The Hall–Kier alpha value is -2.11. The first kappa shape index (κ1) is 15.8. The molecule has 0 saturated heterocycles. The smallest absolute Gasteiger partial charge is 0.192 e. The molecule has 116 valence electrons. The fourth-order valence-corrected chi connectivity index (χ4v) is 3.13. The van der Waals surface area contributed by atoms with Crippen molar-refractivity contribution in [3.63, 3.8) is 0 Å². The number of nitrogens with zero attached hydrogens (tertiary/aromatic N) is 4. The van der Waals surface area contributed by atoms with E-state index >= 15 is 0 Å².